The Bertz CT molecular complexity index is 705. The first-order valence-corrected chi connectivity index (χ1v) is 8.33. The standard InChI is InChI=1S/C18H20N4O/c19-10-13-11-20-22-17-14-6-2-1-5-12(14)9-15(17)16(21-18(13)22)7-3-4-8-23/h1-2,5-6,11,13,15-17,23H,3-4,7-9H2. The van der Waals surface area contributed by atoms with Crippen LogP contribution in [-0.4, -0.2) is 34.8 Å². The van der Waals surface area contributed by atoms with E-state index in [9.17, 15) is 5.26 Å². The highest BCUT2D eigenvalue weighted by atomic mass is 16.2. The van der Waals surface area contributed by atoms with Gasteiger partial charge in [0.25, 0.3) is 0 Å². The summed E-state index contributed by atoms with van der Waals surface area (Å²) in [5.41, 5.74) is 2.70. The van der Waals surface area contributed by atoms with Gasteiger partial charge in [-0.1, -0.05) is 24.3 Å². The summed E-state index contributed by atoms with van der Waals surface area (Å²) >= 11 is 0. The van der Waals surface area contributed by atoms with Crippen LogP contribution in [0.1, 0.15) is 36.4 Å². The molecule has 5 heteroatoms. The van der Waals surface area contributed by atoms with Gasteiger partial charge >= 0.3 is 0 Å². The van der Waals surface area contributed by atoms with Gasteiger partial charge in [-0.05, 0) is 36.8 Å². The van der Waals surface area contributed by atoms with E-state index in [1.54, 1.807) is 6.21 Å². The van der Waals surface area contributed by atoms with Crippen LogP contribution in [0.15, 0.2) is 34.4 Å². The molecule has 0 aromatic heterocycles. The van der Waals surface area contributed by atoms with Gasteiger partial charge in [0.1, 0.15) is 11.8 Å². The third-order valence-electron chi connectivity index (χ3n) is 5.19. The van der Waals surface area contributed by atoms with Crippen molar-refractivity contribution in [2.45, 2.75) is 37.8 Å². The molecule has 0 fully saturated rings. The first kappa shape index (κ1) is 14.4. The summed E-state index contributed by atoms with van der Waals surface area (Å²) in [5.74, 6) is 0.882. The molecule has 1 aliphatic carbocycles. The molecule has 1 aromatic carbocycles. The van der Waals surface area contributed by atoms with Crippen LogP contribution >= 0.6 is 0 Å². The Labute approximate surface area is 136 Å². The molecule has 0 amide bonds. The van der Waals surface area contributed by atoms with E-state index in [0.717, 1.165) is 31.5 Å². The van der Waals surface area contributed by atoms with Crippen molar-refractivity contribution in [3.05, 3.63) is 35.4 Å². The number of amidine groups is 1. The Morgan fingerprint density at radius 2 is 2.17 bits per heavy atom. The molecule has 0 saturated carbocycles. The second-order valence-corrected chi connectivity index (χ2v) is 6.50. The van der Waals surface area contributed by atoms with Crippen LogP contribution in [0.4, 0.5) is 0 Å². The SMILES string of the molecule is N#CC1C=NN2C1=NC(CCCCO)C1Cc3ccccc3C12. The molecule has 2 heterocycles. The zero-order valence-electron chi connectivity index (χ0n) is 13.0. The van der Waals surface area contributed by atoms with E-state index in [1.807, 2.05) is 5.01 Å². The zero-order valence-corrected chi connectivity index (χ0v) is 13.0. The number of hydrogen-bond donors (Lipinski definition) is 1. The summed E-state index contributed by atoms with van der Waals surface area (Å²) in [6, 6.07) is 11.2. The number of hydrazone groups is 1. The van der Waals surface area contributed by atoms with Gasteiger partial charge in [-0.15, -0.1) is 0 Å². The smallest absolute Gasteiger partial charge is 0.143 e. The predicted molar refractivity (Wildman–Crippen MR) is 88.0 cm³/mol. The van der Waals surface area contributed by atoms with Crippen molar-refractivity contribution < 1.29 is 5.11 Å². The number of unbranched alkanes of at least 4 members (excludes halogenated alkanes) is 1. The fourth-order valence-electron chi connectivity index (χ4n) is 4.13. The third kappa shape index (κ3) is 2.25. The maximum atomic E-state index is 9.36. The second-order valence-electron chi connectivity index (χ2n) is 6.50. The van der Waals surface area contributed by atoms with Gasteiger partial charge < -0.3 is 5.11 Å². The summed E-state index contributed by atoms with van der Waals surface area (Å²) in [6.45, 7) is 0.230. The van der Waals surface area contributed by atoms with Crippen LogP contribution in [0.5, 0.6) is 0 Å². The highest BCUT2D eigenvalue weighted by Gasteiger charge is 2.48. The molecule has 4 unspecified atom stereocenters. The number of aliphatic hydroxyl groups is 1. The number of aliphatic hydroxyl groups excluding tert-OH is 1. The molecular weight excluding hydrogens is 288 g/mol. The first-order valence-electron chi connectivity index (χ1n) is 8.33. The maximum Gasteiger partial charge on any atom is 0.143 e. The number of fused-ring (bicyclic) bond motifs is 5. The van der Waals surface area contributed by atoms with Crippen LogP contribution in [-0.2, 0) is 6.42 Å². The highest BCUT2D eigenvalue weighted by molar-refractivity contribution is 6.04. The third-order valence-corrected chi connectivity index (χ3v) is 5.19. The maximum absolute atomic E-state index is 9.36. The lowest BCUT2D eigenvalue weighted by molar-refractivity contribution is 0.194. The Kier molecular flexibility index (Phi) is 3.62. The Hall–Kier alpha value is -2.19. The van der Waals surface area contributed by atoms with Gasteiger partial charge in [0.15, 0.2) is 0 Å². The summed E-state index contributed by atoms with van der Waals surface area (Å²) < 4.78 is 0. The van der Waals surface area contributed by atoms with Crippen LogP contribution in [0, 0.1) is 23.2 Å². The van der Waals surface area contributed by atoms with Gasteiger partial charge in [0, 0.05) is 18.7 Å². The molecule has 4 atom stereocenters. The van der Waals surface area contributed by atoms with E-state index in [-0.39, 0.29) is 24.6 Å². The predicted octanol–water partition coefficient (Wildman–Crippen LogP) is 2.28. The molecule has 23 heavy (non-hydrogen) atoms. The van der Waals surface area contributed by atoms with E-state index in [2.05, 4.69) is 35.4 Å². The van der Waals surface area contributed by atoms with E-state index in [0.29, 0.717) is 5.92 Å². The lowest BCUT2D eigenvalue weighted by atomic mass is 9.86. The fraction of sp³-hybridized carbons (Fsp3) is 0.500. The molecule has 0 saturated heterocycles. The molecule has 0 spiro atoms. The zero-order chi connectivity index (χ0) is 15.8. The molecule has 0 bridgehead atoms. The highest BCUT2D eigenvalue weighted by Crippen LogP contribution is 2.47. The number of aliphatic imine (C=N–C) groups is 1. The van der Waals surface area contributed by atoms with Crippen molar-refractivity contribution in [1.82, 2.24) is 5.01 Å². The average molecular weight is 308 g/mol. The Morgan fingerprint density at radius 1 is 1.30 bits per heavy atom. The first-order chi connectivity index (χ1) is 11.3. The van der Waals surface area contributed by atoms with Gasteiger partial charge in [-0.25, -0.2) is 5.01 Å². The van der Waals surface area contributed by atoms with Crippen molar-refractivity contribution >= 4 is 12.1 Å². The largest absolute Gasteiger partial charge is 0.396 e. The summed E-state index contributed by atoms with van der Waals surface area (Å²) in [6.07, 6.45) is 5.48. The summed E-state index contributed by atoms with van der Waals surface area (Å²) in [5, 5.41) is 24.9. The molecule has 5 nitrogen and oxygen atoms in total. The van der Waals surface area contributed by atoms with Crippen molar-refractivity contribution in [1.29, 1.82) is 5.26 Å². The lowest BCUT2D eigenvalue weighted by Crippen LogP contribution is -2.42. The summed E-state index contributed by atoms with van der Waals surface area (Å²) in [4.78, 5) is 4.91. The van der Waals surface area contributed by atoms with E-state index < -0.39 is 0 Å². The van der Waals surface area contributed by atoms with Crippen LogP contribution < -0.4 is 0 Å². The monoisotopic (exact) mass is 308 g/mol. The molecule has 118 valence electrons. The minimum atomic E-state index is -0.330. The van der Waals surface area contributed by atoms with Crippen LogP contribution in [0.25, 0.3) is 0 Å². The van der Waals surface area contributed by atoms with E-state index >= 15 is 0 Å². The second kappa shape index (κ2) is 5.78. The van der Waals surface area contributed by atoms with Crippen LogP contribution in [0.2, 0.25) is 0 Å². The number of benzene rings is 1. The van der Waals surface area contributed by atoms with E-state index in [4.69, 9.17) is 10.1 Å². The molecule has 1 aromatic rings. The molecule has 4 rings (SSSR count). The van der Waals surface area contributed by atoms with Gasteiger partial charge in [0.05, 0.1) is 18.2 Å². The quantitative estimate of drug-likeness (QED) is 0.867. The number of hydrogen-bond acceptors (Lipinski definition) is 5. The number of nitrogens with zero attached hydrogens (tertiary/aromatic N) is 4. The van der Waals surface area contributed by atoms with Gasteiger partial charge in [-0.3, -0.25) is 4.99 Å². The van der Waals surface area contributed by atoms with Crippen molar-refractivity contribution in [3.8, 4) is 6.07 Å². The van der Waals surface area contributed by atoms with Crippen molar-refractivity contribution in [2.75, 3.05) is 6.61 Å². The Balaban J connectivity index is 1.70. The molecule has 0 radical (unpaired) electrons. The fourth-order valence-corrected chi connectivity index (χ4v) is 4.13. The Morgan fingerprint density at radius 3 is 3.00 bits per heavy atom. The van der Waals surface area contributed by atoms with Crippen LogP contribution in [0.3, 0.4) is 0 Å². The molecule has 2 aliphatic heterocycles. The minimum absolute atomic E-state index is 0.201. The average Bonchev–Trinajstić information content (AvgIpc) is 3.15. The normalized spacial score (nSPS) is 30.4. The van der Waals surface area contributed by atoms with E-state index in [1.165, 1.54) is 11.1 Å². The van der Waals surface area contributed by atoms with Gasteiger partial charge in [-0.2, -0.15) is 10.4 Å². The molecular formula is C18H20N4O. The topological polar surface area (TPSA) is 72.0 Å². The lowest BCUT2D eigenvalue weighted by Gasteiger charge is -2.38. The summed E-state index contributed by atoms with van der Waals surface area (Å²) in [7, 11) is 0. The van der Waals surface area contributed by atoms with Gasteiger partial charge in [0.2, 0.25) is 0 Å². The number of rotatable bonds is 4. The van der Waals surface area contributed by atoms with Crippen molar-refractivity contribution in [2.24, 2.45) is 21.9 Å². The minimum Gasteiger partial charge on any atom is -0.396 e. The molecule has 3 aliphatic rings. The number of nitriles is 1. The molecule has 1 N–H and O–H groups in total. The van der Waals surface area contributed by atoms with Crippen molar-refractivity contribution in [3.63, 3.8) is 0 Å².